The van der Waals surface area contributed by atoms with E-state index in [1.807, 2.05) is 13.0 Å². The number of rotatable bonds is 3. The number of halogens is 1. The summed E-state index contributed by atoms with van der Waals surface area (Å²) in [6, 6.07) is 6.08. The Labute approximate surface area is 113 Å². The van der Waals surface area contributed by atoms with Crippen molar-refractivity contribution >= 4 is 5.91 Å². The molecule has 1 aromatic rings. The van der Waals surface area contributed by atoms with E-state index in [4.69, 9.17) is 0 Å². The Morgan fingerprint density at radius 2 is 2.26 bits per heavy atom. The lowest BCUT2D eigenvalue weighted by atomic mass is 10.1. The molecule has 2 atom stereocenters. The first-order valence-corrected chi connectivity index (χ1v) is 6.96. The molecule has 1 fully saturated rings. The topological polar surface area (TPSA) is 41.1 Å². The van der Waals surface area contributed by atoms with Crippen molar-refractivity contribution in [1.82, 2.24) is 10.6 Å². The molecular weight excluding hydrogens is 243 g/mol. The molecule has 3 nitrogen and oxygen atoms in total. The molecule has 0 aromatic heterocycles. The zero-order valence-corrected chi connectivity index (χ0v) is 11.3. The van der Waals surface area contributed by atoms with E-state index in [1.54, 1.807) is 6.07 Å². The molecule has 0 saturated carbocycles. The summed E-state index contributed by atoms with van der Waals surface area (Å²) in [7, 11) is 0. The second-order valence-electron chi connectivity index (χ2n) is 5.14. The molecular formula is C15H21FN2O. The quantitative estimate of drug-likeness (QED) is 0.881. The standard InChI is InChI=1S/C15H21FN2O/c1-11(12-6-5-7-13(16)10-12)18-15(19)14-8-3-2-4-9-17-14/h5-7,10-11,14,17H,2-4,8-9H2,1H3,(H,18,19). The third-order valence-corrected chi connectivity index (χ3v) is 3.58. The highest BCUT2D eigenvalue weighted by Crippen LogP contribution is 2.15. The minimum atomic E-state index is -0.272. The van der Waals surface area contributed by atoms with Gasteiger partial charge in [0.15, 0.2) is 0 Å². The Balaban J connectivity index is 1.94. The van der Waals surface area contributed by atoms with Crippen LogP contribution in [0.1, 0.15) is 44.2 Å². The molecule has 0 bridgehead atoms. The van der Waals surface area contributed by atoms with Crippen molar-refractivity contribution in [3.05, 3.63) is 35.6 Å². The van der Waals surface area contributed by atoms with Crippen LogP contribution in [0.4, 0.5) is 4.39 Å². The Kier molecular flexibility index (Phi) is 4.91. The summed E-state index contributed by atoms with van der Waals surface area (Å²) < 4.78 is 13.1. The van der Waals surface area contributed by atoms with E-state index in [2.05, 4.69) is 10.6 Å². The second kappa shape index (κ2) is 6.66. The van der Waals surface area contributed by atoms with Crippen molar-refractivity contribution in [2.75, 3.05) is 6.54 Å². The normalized spacial score (nSPS) is 21.5. The number of hydrogen-bond donors (Lipinski definition) is 2. The predicted octanol–water partition coefficient (Wildman–Crippen LogP) is 2.54. The third-order valence-electron chi connectivity index (χ3n) is 3.58. The van der Waals surface area contributed by atoms with Crippen molar-refractivity contribution in [3.8, 4) is 0 Å². The Hall–Kier alpha value is -1.42. The molecule has 1 aromatic carbocycles. The molecule has 1 heterocycles. The van der Waals surface area contributed by atoms with Gasteiger partial charge in [0.25, 0.3) is 0 Å². The molecule has 19 heavy (non-hydrogen) atoms. The molecule has 1 saturated heterocycles. The molecule has 2 N–H and O–H groups in total. The van der Waals surface area contributed by atoms with Crippen LogP contribution in [-0.4, -0.2) is 18.5 Å². The van der Waals surface area contributed by atoms with Crippen molar-refractivity contribution in [2.24, 2.45) is 0 Å². The minimum absolute atomic E-state index is 0.0126. The van der Waals surface area contributed by atoms with Gasteiger partial charge in [-0.05, 0) is 44.0 Å². The molecule has 0 radical (unpaired) electrons. The second-order valence-corrected chi connectivity index (χ2v) is 5.14. The first-order chi connectivity index (χ1) is 9.16. The number of carbonyl (C=O) groups is 1. The monoisotopic (exact) mass is 264 g/mol. The third kappa shape index (κ3) is 4.03. The van der Waals surface area contributed by atoms with Gasteiger partial charge in [0.1, 0.15) is 5.82 Å². The van der Waals surface area contributed by atoms with E-state index in [0.29, 0.717) is 0 Å². The Morgan fingerprint density at radius 1 is 1.42 bits per heavy atom. The number of carbonyl (C=O) groups excluding carboxylic acids is 1. The molecule has 2 unspecified atom stereocenters. The fourth-order valence-corrected chi connectivity index (χ4v) is 2.43. The lowest BCUT2D eigenvalue weighted by Gasteiger charge is -2.20. The number of hydrogen-bond acceptors (Lipinski definition) is 2. The Bertz CT molecular complexity index is 428. The summed E-state index contributed by atoms with van der Waals surface area (Å²) in [6.07, 6.45) is 4.26. The molecule has 1 aliphatic rings. The zero-order chi connectivity index (χ0) is 13.7. The lowest BCUT2D eigenvalue weighted by Crippen LogP contribution is -2.44. The molecule has 104 valence electrons. The Morgan fingerprint density at radius 3 is 3.05 bits per heavy atom. The van der Waals surface area contributed by atoms with E-state index in [0.717, 1.165) is 31.4 Å². The maximum atomic E-state index is 13.1. The molecule has 1 aliphatic heterocycles. The molecule has 4 heteroatoms. The number of amides is 1. The summed E-state index contributed by atoms with van der Waals surface area (Å²) in [6.45, 7) is 2.77. The van der Waals surface area contributed by atoms with E-state index in [-0.39, 0.29) is 23.8 Å². The van der Waals surface area contributed by atoms with E-state index in [9.17, 15) is 9.18 Å². The van der Waals surface area contributed by atoms with Crippen LogP contribution in [0.3, 0.4) is 0 Å². The fraction of sp³-hybridized carbons (Fsp3) is 0.533. The van der Waals surface area contributed by atoms with Crippen LogP contribution in [0, 0.1) is 5.82 Å². The van der Waals surface area contributed by atoms with Gasteiger partial charge in [-0.1, -0.05) is 25.0 Å². The summed E-state index contributed by atoms with van der Waals surface area (Å²) in [5, 5.41) is 6.22. The maximum absolute atomic E-state index is 13.1. The van der Waals surface area contributed by atoms with Gasteiger partial charge >= 0.3 is 0 Å². The molecule has 1 amide bonds. The van der Waals surface area contributed by atoms with E-state index >= 15 is 0 Å². The average molecular weight is 264 g/mol. The van der Waals surface area contributed by atoms with E-state index < -0.39 is 0 Å². The largest absolute Gasteiger partial charge is 0.348 e. The van der Waals surface area contributed by atoms with Crippen LogP contribution in [-0.2, 0) is 4.79 Å². The molecule has 0 aliphatic carbocycles. The zero-order valence-electron chi connectivity index (χ0n) is 11.3. The highest BCUT2D eigenvalue weighted by molar-refractivity contribution is 5.82. The van der Waals surface area contributed by atoms with Crippen molar-refractivity contribution in [1.29, 1.82) is 0 Å². The minimum Gasteiger partial charge on any atom is -0.348 e. The van der Waals surface area contributed by atoms with Gasteiger partial charge in [-0.25, -0.2) is 4.39 Å². The van der Waals surface area contributed by atoms with Gasteiger partial charge in [0.05, 0.1) is 12.1 Å². The predicted molar refractivity (Wildman–Crippen MR) is 73.2 cm³/mol. The van der Waals surface area contributed by atoms with E-state index in [1.165, 1.54) is 18.6 Å². The lowest BCUT2D eigenvalue weighted by molar-refractivity contribution is -0.123. The molecule has 0 spiro atoms. The van der Waals surface area contributed by atoms with Crippen LogP contribution in [0.5, 0.6) is 0 Å². The van der Waals surface area contributed by atoms with Crippen LogP contribution in [0.15, 0.2) is 24.3 Å². The smallest absolute Gasteiger partial charge is 0.237 e. The summed E-state index contributed by atoms with van der Waals surface area (Å²) in [4.78, 5) is 12.2. The molecule has 2 rings (SSSR count). The van der Waals surface area contributed by atoms with Gasteiger partial charge in [0.2, 0.25) is 5.91 Å². The van der Waals surface area contributed by atoms with Gasteiger partial charge < -0.3 is 10.6 Å². The number of nitrogens with one attached hydrogen (secondary N) is 2. The van der Waals surface area contributed by atoms with Crippen LogP contribution >= 0.6 is 0 Å². The van der Waals surface area contributed by atoms with Crippen LogP contribution in [0.25, 0.3) is 0 Å². The summed E-state index contributed by atoms with van der Waals surface area (Å²) in [5.74, 6) is -0.259. The number of benzene rings is 1. The van der Waals surface area contributed by atoms with Crippen molar-refractivity contribution in [3.63, 3.8) is 0 Å². The van der Waals surface area contributed by atoms with Gasteiger partial charge in [0, 0.05) is 0 Å². The average Bonchev–Trinajstić information content (AvgIpc) is 2.67. The SMILES string of the molecule is CC(NC(=O)C1CCCCCN1)c1cccc(F)c1. The van der Waals surface area contributed by atoms with Gasteiger partial charge in [-0.15, -0.1) is 0 Å². The van der Waals surface area contributed by atoms with Crippen molar-refractivity contribution in [2.45, 2.75) is 44.7 Å². The summed E-state index contributed by atoms with van der Waals surface area (Å²) in [5.41, 5.74) is 0.793. The fourth-order valence-electron chi connectivity index (χ4n) is 2.43. The highest BCUT2D eigenvalue weighted by atomic mass is 19.1. The van der Waals surface area contributed by atoms with Gasteiger partial charge in [-0.2, -0.15) is 0 Å². The highest BCUT2D eigenvalue weighted by Gasteiger charge is 2.21. The van der Waals surface area contributed by atoms with Crippen LogP contribution < -0.4 is 10.6 Å². The first kappa shape index (κ1) is 14.0. The van der Waals surface area contributed by atoms with Crippen molar-refractivity contribution < 1.29 is 9.18 Å². The maximum Gasteiger partial charge on any atom is 0.237 e. The van der Waals surface area contributed by atoms with Gasteiger partial charge in [-0.3, -0.25) is 4.79 Å². The van der Waals surface area contributed by atoms with Crippen LogP contribution in [0.2, 0.25) is 0 Å². The summed E-state index contributed by atoms with van der Waals surface area (Å²) >= 11 is 0. The first-order valence-electron chi connectivity index (χ1n) is 6.96.